The largest absolute Gasteiger partial charge is 0.351 e. The van der Waals surface area contributed by atoms with Gasteiger partial charge in [-0.15, -0.1) is 0 Å². The van der Waals surface area contributed by atoms with E-state index < -0.39 is 0 Å². The Kier molecular flexibility index (Phi) is 3.68. The van der Waals surface area contributed by atoms with Gasteiger partial charge in [0.1, 0.15) is 11.3 Å². The van der Waals surface area contributed by atoms with Crippen LogP contribution in [0.25, 0.3) is 5.65 Å². The predicted octanol–water partition coefficient (Wildman–Crippen LogP) is 1.66. The molecule has 6 heteroatoms. The predicted molar refractivity (Wildman–Crippen MR) is 79.1 cm³/mol. The fraction of sp³-hybridized carbons (Fsp3) is 0.267. The van der Waals surface area contributed by atoms with E-state index in [-0.39, 0.29) is 5.91 Å². The average Bonchev–Trinajstić information content (AvgIpc) is 3.09. The molecule has 0 spiro atoms. The lowest BCUT2D eigenvalue weighted by Gasteiger charge is -2.06. The molecule has 0 unspecified atom stereocenters. The van der Waals surface area contributed by atoms with Crippen LogP contribution < -0.4 is 5.32 Å². The molecule has 0 aromatic carbocycles. The third kappa shape index (κ3) is 2.79. The molecule has 1 N–H and O–H groups in total. The number of carbonyl (C=O) groups is 1. The van der Waals surface area contributed by atoms with E-state index in [1.807, 2.05) is 46.5 Å². The summed E-state index contributed by atoms with van der Waals surface area (Å²) < 4.78 is 3.81. The fourth-order valence-electron chi connectivity index (χ4n) is 2.35. The number of carbonyl (C=O) groups excluding carboxylic acids is 1. The highest BCUT2D eigenvalue weighted by atomic mass is 16.1. The minimum absolute atomic E-state index is 0.0863. The van der Waals surface area contributed by atoms with Gasteiger partial charge in [0.2, 0.25) is 0 Å². The molecule has 0 saturated heterocycles. The summed E-state index contributed by atoms with van der Waals surface area (Å²) >= 11 is 0. The molecule has 1 amide bonds. The lowest BCUT2D eigenvalue weighted by Crippen LogP contribution is -2.27. The Bertz CT molecular complexity index is 745. The Hall–Kier alpha value is -2.63. The number of nitrogens with zero attached hydrogens (tertiary/aromatic N) is 4. The van der Waals surface area contributed by atoms with Gasteiger partial charge in [0, 0.05) is 31.7 Å². The van der Waals surface area contributed by atoms with Crippen LogP contribution >= 0.6 is 0 Å². The Balaban J connectivity index is 1.63. The van der Waals surface area contributed by atoms with E-state index in [4.69, 9.17) is 0 Å². The molecule has 0 aliphatic heterocycles. The maximum absolute atomic E-state index is 12.3. The number of hydrogen-bond donors (Lipinski definition) is 1. The van der Waals surface area contributed by atoms with E-state index >= 15 is 0 Å². The normalized spacial score (nSPS) is 10.9. The number of imidazole rings is 2. The summed E-state index contributed by atoms with van der Waals surface area (Å²) in [6, 6.07) is 5.70. The zero-order valence-corrected chi connectivity index (χ0v) is 11.9. The highest BCUT2D eigenvalue weighted by Crippen LogP contribution is 2.11. The summed E-state index contributed by atoms with van der Waals surface area (Å²) in [4.78, 5) is 20.7. The molecule has 3 heterocycles. The van der Waals surface area contributed by atoms with Crippen molar-refractivity contribution in [3.05, 3.63) is 54.5 Å². The number of fused-ring (bicyclic) bond motifs is 1. The van der Waals surface area contributed by atoms with E-state index in [0.717, 1.165) is 24.3 Å². The molecule has 0 atom stereocenters. The SMILES string of the molecule is Cc1nc2ccccn2c1C(=O)NCCCn1ccnc1. The number of aryl methyl sites for hydroxylation is 2. The van der Waals surface area contributed by atoms with Gasteiger partial charge in [0.15, 0.2) is 0 Å². The first kappa shape index (κ1) is 13.4. The van der Waals surface area contributed by atoms with Gasteiger partial charge in [-0.2, -0.15) is 0 Å². The van der Waals surface area contributed by atoms with Crippen LogP contribution in [0.1, 0.15) is 22.6 Å². The second-order valence-electron chi connectivity index (χ2n) is 4.88. The molecule has 0 fully saturated rings. The van der Waals surface area contributed by atoms with Crippen LogP contribution in [-0.2, 0) is 6.54 Å². The molecule has 0 aliphatic rings. The van der Waals surface area contributed by atoms with Gasteiger partial charge in [0.05, 0.1) is 12.0 Å². The number of nitrogens with one attached hydrogen (secondary N) is 1. The van der Waals surface area contributed by atoms with Crippen molar-refractivity contribution in [2.75, 3.05) is 6.54 Å². The van der Waals surface area contributed by atoms with Crippen molar-refractivity contribution in [1.82, 2.24) is 24.3 Å². The molecule has 3 aromatic rings. The zero-order valence-electron chi connectivity index (χ0n) is 11.9. The van der Waals surface area contributed by atoms with Gasteiger partial charge in [-0.05, 0) is 25.5 Å². The van der Waals surface area contributed by atoms with Crippen molar-refractivity contribution in [2.45, 2.75) is 19.9 Å². The lowest BCUT2D eigenvalue weighted by molar-refractivity contribution is 0.0946. The molecule has 3 aromatic heterocycles. The van der Waals surface area contributed by atoms with E-state index in [9.17, 15) is 4.79 Å². The Labute approximate surface area is 122 Å². The minimum Gasteiger partial charge on any atom is -0.351 e. The summed E-state index contributed by atoms with van der Waals surface area (Å²) in [5.41, 5.74) is 2.14. The number of hydrogen-bond acceptors (Lipinski definition) is 3. The Morgan fingerprint density at radius 2 is 2.24 bits per heavy atom. The van der Waals surface area contributed by atoms with Crippen LogP contribution in [0.3, 0.4) is 0 Å². The van der Waals surface area contributed by atoms with Crippen molar-refractivity contribution in [2.24, 2.45) is 0 Å². The van der Waals surface area contributed by atoms with Crippen LogP contribution in [0.4, 0.5) is 0 Å². The van der Waals surface area contributed by atoms with Gasteiger partial charge in [-0.1, -0.05) is 6.07 Å². The molecule has 6 nitrogen and oxygen atoms in total. The Morgan fingerprint density at radius 1 is 1.33 bits per heavy atom. The highest BCUT2D eigenvalue weighted by molar-refractivity contribution is 5.94. The average molecular weight is 283 g/mol. The number of aromatic nitrogens is 4. The van der Waals surface area contributed by atoms with Crippen LogP contribution in [0, 0.1) is 6.92 Å². The molecular weight excluding hydrogens is 266 g/mol. The van der Waals surface area contributed by atoms with Crippen molar-refractivity contribution >= 4 is 11.6 Å². The van der Waals surface area contributed by atoms with Gasteiger partial charge in [-0.3, -0.25) is 9.20 Å². The number of pyridine rings is 1. The molecule has 0 aliphatic carbocycles. The molecule has 3 rings (SSSR count). The monoisotopic (exact) mass is 283 g/mol. The first-order valence-electron chi connectivity index (χ1n) is 6.93. The summed E-state index contributed by atoms with van der Waals surface area (Å²) in [6.07, 6.45) is 8.15. The molecule has 21 heavy (non-hydrogen) atoms. The van der Waals surface area contributed by atoms with Crippen LogP contribution in [0.15, 0.2) is 43.1 Å². The quantitative estimate of drug-likeness (QED) is 0.724. The van der Waals surface area contributed by atoms with Crippen molar-refractivity contribution < 1.29 is 4.79 Å². The van der Waals surface area contributed by atoms with Crippen molar-refractivity contribution in [3.63, 3.8) is 0 Å². The van der Waals surface area contributed by atoms with Crippen LogP contribution in [0.5, 0.6) is 0 Å². The Morgan fingerprint density at radius 3 is 3.05 bits per heavy atom. The van der Waals surface area contributed by atoms with E-state index in [1.54, 1.807) is 12.5 Å². The molecule has 0 bridgehead atoms. The smallest absolute Gasteiger partial charge is 0.270 e. The first-order chi connectivity index (χ1) is 10.3. The standard InChI is InChI=1S/C15H17N5O/c1-12-14(20-9-3-2-5-13(20)18-12)15(21)17-6-4-8-19-10-7-16-11-19/h2-3,5,7,9-11H,4,6,8H2,1H3,(H,17,21). The summed E-state index contributed by atoms with van der Waals surface area (Å²) in [5, 5.41) is 2.95. The molecular formula is C15H17N5O. The van der Waals surface area contributed by atoms with Gasteiger partial charge >= 0.3 is 0 Å². The van der Waals surface area contributed by atoms with Gasteiger partial charge in [-0.25, -0.2) is 9.97 Å². The summed E-state index contributed by atoms with van der Waals surface area (Å²) in [5.74, 6) is -0.0863. The maximum atomic E-state index is 12.3. The van der Waals surface area contributed by atoms with Crippen LogP contribution in [0.2, 0.25) is 0 Å². The zero-order chi connectivity index (χ0) is 14.7. The van der Waals surface area contributed by atoms with E-state index in [1.165, 1.54) is 0 Å². The van der Waals surface area contributed by atoms with Gasteiger partial charge in [0.25, 0.3) is 5.91 Å². The fourth-order valence-corrected chi connectivity index (χ4v) is 2.35. The number of rotatable bonds is 5. The molecule has 108 valence electrons. The molecule has 0 radical (unpaired) electrons. The number of amides is 1. The minimum atomic E-state index is -0.0863. The van der Waals surface area contributed by atoms with Crippen molar-refractivity contribution in [1.29, 1.82) is 0 Å². The van der Waals surface area contributed by atoms with Crippen molar-refractivity contribution in [3.8, 4) is 0 Å². The second kappa shape index (κ2) is 5.78. The van der Waals surface area contributed by atoms with Gasteiger partial charge < -0.3 is 9.88 Å². The highest BCUT2D eigenvalue weighted by Gasteiger charge is 2.15. The second-order valence-corrected chi connectivity index (χ2v) is 4.88. The van der Waals surface area contributed by atoms with Crippen LogP contribution in [-0.4, -0.2) is 31.4 Å². The van der Waals surface area contributed by atoms with E-state index in [0.29, 0.717) is 12.2 Å². The summed E-state index contributed by atoms with van der Waals surface area (Å²) in [6.45, 7) is 3.32. The third-order valence-corrected chi connectivity index (χ3v) is 3.36. The summed E-state index contributed by atoms with van der Waals surface area (Å²) in [7, 11) is 0. The van der Waals surface area contributed by atoms with E-state index in [2.05, 4.69) is 15.3 Å². The third-order valence-electron chi connectivity index (χ3n) is 3.36. The lowest BCUT2D eigenvalue weighted by atomic mass is 10.3. The first-order valence-corrected chi connectivity index (χ1v) is 6.93. The topological polar surface area (TPSA) is 64.2 Å². The molecule has 0 saturated carbocycles. The maximum Gasteiger partial charge on any atom is 0.270 e.